The van der Waals surface area contributed by atoms with E-state index in [1.165, 1.54) is 11.3 Å². The van der Waals surface area contributed by atoms with E-state index in [2.05, 4.69) is 42.9 Å². The van der Waals surface area contributed by atoms with Gasteiger partial charge in [0.25, 0.3) is 0 Å². The van der Waals surface area contributed by atoms with Gasteiger partial charge in [0, 0.05) is 30.6 Å². The van der Waals surface area contributed by atoms with E-state index in [-0.39, 0.29) is 5.97 Å². The van der Waals surface area contributed by atoms with Gasteiger partial charge in [-0.05, 0) is 34.6 Å². The lowest BCUT2D eigenvalue weighted by molar-refractivity contribution is 0.0520. The maximum Gasteiger partial charge on any atom is 0.357 e. The molecule has 0 unspecified atom stereocenters. The van der Waals surface area contributed by atoms with Crippen molar-refractivity contribution in [2.45, 2.75) is 46.7 Å². The second-order valence-electron chi connectivity index (χ2n) is 5.11. The third-order valence-corrected chi connectivity index (χ3v) is 3.76. The van der Waals surface area contributed by atoms with Gasteiger partial charge in [0.15, 0.2) is 10.8 Å². The van der Waals surface area contributed by atoms with Gasteiger partial charge in [0.1, 0.15) is 0 Å². The number of hydrogen-bond donors (Lipinski definition) is 1. The van der Waals surface area contributed by atoms with Gasteiger partial charge in [-0.25, -0.2) is 9.78 Å². The lowest BCUT2D eigenvalue weighted by Crippen LogP contribution is -2.40. The van der Waals surface area contributed by atoms with Crippen LogP contribution in [-0.4, -0.2) is 47.6 Å². The van der Waals surface area contributed by atoms with Crippen LogP contribution in [0.1, 0.15) is 45.1 Å². The number of nitrogens with one attached hydrogen (secondary N) is 1. The van der Waals surface area contributed by atoms with E-state index in [4.69, 9.17) is 4.74 Å². The van der Waals surface area contributed by atoms with Crippen LogP contribution in [0.3, 0.4) is 0 Å². The van der Waals surface area contributed by atoms with Crippen molar-refractivity contribution in [3.8, 4) is 0 Å². The van der Waals surface area contributed by atoms with E-state index < -0.39 is 0 Å². The van der Waals surface area contributed by atoms with Crippen molar-refractivity contribution in [3.63, 3.8) is 0 Å². The number of ether oxygens (including phenoxy) is 1. The molecule has 0 aliphatic carbocycles. The highest BCUT2D eigenvalue weighted by molar-refractivity contribution is 7.13. The molecule has 1 N–H and O–H groups in total. The van der Waals surface area contributed by atoms with Gasteiger partial charge in [0.2, 0.25) is 0 Å². The second kappa shape index (κ2) is 8.21. The maximum absolute atomic E-state index is 11.5. The summed E-state index contributed by atoms with van der Waals surface area (Å²) in [6.07, 6.45) is 0. The Morgan fingerprint density at radius 1 is 1.40 bits per heavy atom. The highest BCUT2D eigenvalue weighted by Crippen LogP contribution is 2.16. The van der Waals surface area contributed by atoms with Gasteiger partial charge in [-0.2, -0.15) is 0 Å². The molecular weight excluding hydrogens is 274 g/mol. The maximum atomic E-state index is 11.5. The zero-order chi connectivity index (χ0) is 15.1. The van der Waals surface area contributed by atoms with Crippen LogP contribution in [0, 0.1) is 0 Å². The molecule has 0 bridgehead atoms. The Labute approximate surface area is 125 Å². The van der Waals surface area contributed by atoms with Crippen molar-refractivity contribution < 1.29 is 9.53 Å². The van der Waals surface area contributed by atoms with Gasteiger partial charge in [-0.1, -0.05) is 0 Å². The average molecular weight is 299 g/mol. The zero-order valence-electron chi connectivity index (χ0n) is 13.0. The lowest BCUT2D eigenvalue weighted by Gasteiger charge is -2.30. The Hall–Kier alpha value is -1.14. The fourth-order valence-electron chi connectivity index (χ4n) is 2.06. The summed E-state index contributed by atoms with van der Waals surface area (Å²) in [5.41, 5.74) is 0.379. The van der Waals surface area contributed by atoms with Crippen molar-refractivity contribution in [3.05, 3.63) is 11.1 Å². The second-order valence-corrected chi connectivity index (χ2v) is 5.97. The Bertz CT molecular complexity index is 410. The predicted octanol–water partition coefficient (Wildman–Crippen LogP) is 2.85. The largest absolute Gasteiger partial charge is 0.461 e. The summed E-state index contributed by atoms with van der Waals surface area (Å²) in [6.45, 7) is 12.7. The van der Waals surface area contributed by atoms with E-state index in [0.29, 0.717) is 24.4 Å². The van der Waals surface area contributed by atoms with Gasteiger partial charge < -0.3 is 10.1 Å². The molecule has 0 atom stereocenters. The average Bonchev–Trinajstić information content (AvgIpc) is 2.82. The van der Waals surface area contributed by atoms with E-state index in [1.54, 1.807) is 12.3 Å². The molecule has 1 heterocycles. The number of esters is 1. The molecule has 1 aromatic rings. The zero-order valence-corrected chi connectivity index (χ0v) is 13.8. The first-order valence-corrected chi connectivity index (χ1v) is 7.95. The Morgan fingerprint density at radius 3 is 2.60 bits per heavy atom. The topological polar surface area (TPSA) is 54.5 Å². The minimum Gasteiger partial charge on any atom is -0.461 e. The number of carbonyl (C=O) groups is 1. The summed E-state index contributed by atoms with van der Waals surface area (Å²) in [4.78, 5) is 18.1. The highest BCUT2D eigenvalue weighted by atomic mass is 32.1. The van der Waals surface area contributed by atoms with Gasteiger partial charge in [0.05, 0.1) is 6.61 Å². The molecule has 6 heteroatoms. The number of hydrogen-bond acceptors (Lipinski definition) is 6. The highest BCUT2D eigenvalue weighted by Gasteiger charge is 2.14. The molecule has 0 saturated heterocycles. The Balaban J connectivity index is 2.44. The van der Waals surface area contributed by atoms with Crippen LogP contribution in [0.5, 0.6) is 0 Å². The van der Waals surface area contributed by atoms with Crippen LogP contribution in [-0.2, 0) is 4.74 Å². The summed E-state index contributed by atoms with van der Waals surface area (Å²) in [6, 6.07) is 1.03. The SMILES string of the molecule is CCOC(=O)c1csc(NCCN(C(C)C)C(C)C)n1. The predicted molar refractivity (Wildman–Crippen MR) is 83.5 cm³/mol. The summed E-state index contributed by atoms with van der Waals surface area (Å²) in [5, 5.41) is 5.75. The van der Waals surface area contributed by atoms with Crippen LogP contribution in [0.15, 0.2) is 5.38 Å². The molecule has 0 spiro atoms. The number of thiazole rings is 1. The number of anilines is 1. The standard InChI is InChI=1S/C14H25N3O2S/c1-6-19-13(18)12-9-20-14(16-12)15-7-8-17(10(2)3)11(4)5/h9-11H,6-8H2,1-5H3,(H,15,16). The quantitative estimate of drug-likeness (QED) is 0.748. The van der Waals surface area contributed by atoms with Crippen molar-refractivity contribution >= 4 is 22.4 Å². The molecule has 1 rings (SSSR count). The van der Waals surface area contributed by atoms with Crippen molar-refractivity contribution in [1.82, 2.24) is 9.88 Å². The molecule has 0 fully saturated rings. The van der Waals surface area contributed by atoms with Crippen LogP contribution in [0.25, 0.3) is 0 Å². The molecule has 114 valence electrons. The third kappa shape index (κ3) is 5.09. The van der Waals surface area contributed by atoms with Crippen LogP contribution in [0.4, 0.5) is 5.13 Å². The number of aromatic nitrogens is 1. The Kier molecular flexibility index (Phi) is 6.95. The number of rotatable bonds is 8. The molecule has 0 aliphatic rings. The summed E-state index contributed by atoms with van der Waals surface area (Å²) in [7, 11) is 0. The monoisotopic (exact) mass is 299 g/mol. The first kappa shape index (κ1) is 16.9. The van der Waals surface area contributed by atoms with Crippen LogP contribution < -0.4 is 5.32 Å². The fraction of sp³-hybridized carbons (Fsp3) is 0.714. The molecular formula is C14H25N3O2S. The Morgan fingerprint density at radius 2 is 2.05 bits per heavy atom. The van der Waals surface area contributed by atoms with E-state index in [0.717, 1.165) is 18.2 Å². The first-order chi connectivity index (χ1) is 9.45. The normalized spacial score (nSPS) is 11.4. The van der Waals surface area contributed by atoms with Gasteiger partial charge >= 0.3 is 5.97 Å². The molecule has 20 heavy (non-hydrogen) atoms. The van der Waals surface area contributed by atoms with Crippen LogP contribution in [0.2, 0.25) is 0 Å². The van der Waals surface area contributed by atoms with Gasteiger partial charge in [-0.15, -0.1) is 11.3 Å². The molecule has 5 nitrogen and oxygen atoms in total. The molecule has 0 amide bonds. The third-order valence-electron chi connectivity index (χ3n) is 2.96. The van der Waals surface area contributed by atoms with E-state index in [9.17, 15) is 4.79 Å². The number of nitrogens with zero attached hydrogens (tertiary/aromatic N) is 2. The van der Waals surface area contributed by atoms with E-state index >= 15 is 0 Å². The van der Waals surface area contributed by atoms with E-state index in [1.807, 2.05) is 0 Å². The smallest absolute Gasteiger partial charge is 0.357 e. The number of carbonyl (C=O) groups excluding carboxylic acids is 1. The molecule has 0 radical (unpaired) electrons. The molecule has 0 aromatic carbocycles. The minimum atomic E-state index is -0.359. The molecule has 0 aliphatic heterocycles. The van der Waals surface area contributed by atoms with Crippen molar-refractivity contribution in [2.75, 3.05) is 25.0 Å². The molecule has 0 saturated carbocycles. The fourth-order valence-corrected chi connectivity index (χ4v) is 2.77. The summed E-state index contributed by atoms with van der Waals surface area (Å²) < 4.78 is 4.92. The summed E-state index contributed by atoms with van der Waals surface area (Å²) >= 11 is 1.43. The van der Waals surface area contributed by atoms with Gasteiger partial charge in [-0.3, -0.25) is 4.90 Å². The van der Waals surface area contributed by atoms with Crippen molar-refractivity contribution in [1.29, 1.82) is 0 Å². The first-order valence-electron chi connectivity index (χ1n) is 7.08. The lowest BCUT2D eigenvalue weighted by atomic mass is 10.2. The summed E-state index contributed by atoms with van der Waals surface area (Å²) in [5.74, 6) is -0.359. The van der Waals surface area contributed by atoms with Crippen LogP contribution >= 0.6 is 11.3 Å². The molecule has 1 aromatic heterocycles. The minimum absolute atomic E-state index is 0.359. The van der Waals surface area contributed by atoms with Crippen molar-refractivity contribution in [2.24, 2.45) is 0 Å².